The fraction of sp³-hybridized carbons (Fsp3) is 0.214. The molecule has 1 aromatic carbocycles. The van der Waals surface area contributed by atoms with E-state index in [9.17, 15) is 8.42 Å². The van der Waals surface area contributed by atoms with Gasteiger partial charge < -0.3 is 4.74 Å². The Balaban J connectivity index is 2.13. The number of aromatic nitrogens is 1. The predicted molar refractivity (Wildman–Crippen MR) is 80.6 cm³/mol. The van der Waals surface area contributed by atoms with Gasteiger partial charge in [0.1, 0.15) is 4.90 Å². The van der Waals surface area contributed by atoms with Gasteiger partial charge in [-0.25, -0.2) is 13.1 Å². The van der Waals surface area contributed by atoms with Crippen LogP contribution in [0.2, 0.25) is 5.02 Å². The normalized spacial score (nSPS) is 13.0. The molecule has 0 aliphatic carbocycles. The van der Waals surface area contributed by atoms with Crippen molar-refractivity contribution in [3.05, 3.63) is 59.4 Å². The molecule has 0 aliphatic rings. The van der Waals surface area contributed by atoms with Crippen LogP contribution in [-0.4, -0.2) is 27.1 Å². The molecule has 5 nitrogen and oxygen atoms in total. The fourth-order valence-corrected chi connectivity index (χ4v) is 3.08. The molecule has 0 fully saturated rings. The van der Waals surface area contributed by atoms with Crippen molar-refractivity contribution in [2.75, 3.05) is 13.7 Å². The molecule has 1 N–H and O–H groups in total. The van der Waals surface area contributed by atoms with E-state index in [0.29, 0.717) is 5.02 Å². The van der Waals surface area contributed by atoms with E-state index in [1.54, 1.807) is 24.3 Å². The molecule has 0 aliphatic heterocycles. The van der Waals surface area contributed by atoms with Crippen LogP contribution in [0, 0.1) is 0 Å². The smallest absolute Gasteiger partial charge is 0.242 e. The van der Waals surface area contributed by atoms with Crippen molar-refractivity contribution in [2.45, 2.75) is 11.0 Å². The second kappa shape index (κ2) is 7.00. The van der Waals surface area contributed by atoms with E-state index in [2.05, 4.69) is 9.71 Å². The quantitative estimate of drug-likeness (QED) is 0.885. The maximum atomic E-state index is 12.1. The van der Waals surface area contributed by atoms with Crippen molar-refractivity contribution >= 4 is 21.6 Å². The highest BCUT2D eigenvalue weighted by molar-refractivity contribution is 7.89. The standard InChI is InChI=1S/C14H15ClN2O3S/c1-20-14(12-6-2-3-7-13(12)15)10-17-21(18,19)11-5-4-8-16-9-11/h2-9,14,17H,10H2,1H3. The van der Waals surface area contributed by atoms with Gasteiger partial charge in [-0.15, -0.1) is 0 Å². The second-order valence-electron chi connectivity index (χ2n) is 4.29. The number of pyridine rings is 1. The third kappa shape index (κ3) is 4.01. The number of ether oxygens (including phenoxy) is 1. The highest BCUT2D eigenvalue weighted by Crippen LogP contribution is 2.24. The molecular weight excluding hydrogens is 312 g/mol. The molecule has 0 radical (unpaired) electrons. The van der Waals surface area contributed by atoms with Crippen LogP contribution in [0.15, 0.2) is 53.7 Å². The van der Waals surface area contributed by atoms with E-state index in [0.717, 1.165) is 5.56 Å². The Morgan fingerprint density at radius 3 is 2.67 bits per heavy atom. The lowest BCUT2D eigenvalue weighted by Crippen LogP contribution is -2.29. The minimum atomic E-state index is -3.62. The number of hydrogen-bond donors (Lipinski definition) is 1. The van der Waals surface area contributed by atoms with Crippen LogP contribution in [0.25, 0.3) is 0 Å². The summed E-state index contributed by atoms with van der Waals surface area (Å²) in [5.41, 5.74) is 0.732. The number of methoxy groups -OCH3 is 1. The van der Waals surface area contributed by atoms with Gasteiger partial charge in [0.15, 0.2) is 0 Å². The summed E-state index contributed by atoms with van der Waals surface area (Å²) < 4.78 is 32.1. The molecule has 0 saturated carbocycles. The molecule has 0 bridgehead atoms. The van der Waals surface area contributed by atoms with E-state index in [4.69, 9.17) is 16.3 Å². The zero-order chi connectivity index (χ0) is 15.3. The van der Waals surface area contributed by atoms with E-state index in [-0.39, 0.29) is 11.4 Å². The third-order valence-electron chi connectivity index (χ3n) is 2.94. The van der Waals surface area contributed by atoms with E-state index >= 15 is 0 Å². The van der Waals surface area contributed by atoms with E-state index < -0.39 is 16.1 Å². The largest absolute Gasteiger partial charge is 0.375 e. The Labute approximate surface area is 129 Å². The second-order valence-corrected chi connectivity index (χ2v) is 6.46. The van der Waals surface area contributed by atoms with Crippen molar-refractivity contribution in [3.63, 3.8) is 0 Å². The first-order chi connectivity index (χ1) is 10.0. The fourth-order valence-electron chi connectivity index (χ4n) is 1.83. The van der Waals surface area contributed by atoms with Gasteiger partial charge in [-0.2, -0.15) is 0 Å². The number of benzene rings is 1. The van der Waals surface area contributed by atoms with Crippen LogP contribution >= 0.6 is 11.6 Å². The van der Waals surface area contributed by atoms with Crippen LogP contribution in [0.4, 0.5) is 0 Å². The Hall–Kier alpha value is -1.47. The summed E-state index contributed by atoms with van der Waals surface area (Å²) in [5, 5.41) is 0.532. The summed E-state index contributed by atoms with van der Waals surface area (Å²) in [7, 11) is -2.12. The molecule has 7 heteroatoms. The Morgan fingerprint density at radius 2 is 2.05 bits per heavy atom. The minimum absolute atomic E-state index is 0.0808. The highest BCUT2D eigenvalue weighted by Gasteiger charge is 2.19. The monoisotopic (exact) mass is 326 g/mol. The van der Waals surface area contributed by atoms with Crippen molar-refractivity contribution < 1.29 is 13.2 Å². The molecule has 1 unspecified atom stereocenters. The first-order valence-electron chi connectivity index (χ1n) is 6.21. The summed E-state index contributed by atoms with van der Waals surface area (Å²) in [5.74, 6) is 0. The predicted octanol–water partition coefficient (Wildman–Crippen LogP) is 2.40. The zero-order valence-corrected chi connectivity index (χ0v) is 12.9. The molecule has 21 heavy (non-hydrogen) atoms. The number of nitrogens with zero attached hydrogens (tertiary/aromatic N) is 1. The lowest BCUT2D eigenvalue weighted by atomic mass is 10.1. The average Bonchev–Trinajstić information content (AvgIpc) is 2.50. The third-order valence-corrected chi connectivity index (χ3v) is 4.69. The van der Waals surface area contributed by atoms with Crippen molar-refractivity contribution in [2.24, 2.45) is 0 Å². The molecule has 2 rings (SSSR count). The number of nitrogens with one attached hydrogen (secondary N) is 1. The Kier molecular flexibility index (Phi) is 5.30. The molecule has 0 saturated heterocycles. The van der Waals surface area contributed by atoms with Gasteiger partial charge >= 0.3 is 0 Å². The minimum Gasteiger partial charge on any atom is -0.375 e. The Morgan fingerprint density at radius 1 is 1.29 bits per heavy atom. The molecule has 2 aromatic rings. The SMILES string of the molecule is COC(CNS(=O)(=O)c1cccnc1)c1ccccc1Cl. The van der Waals surface area contributed by atoms with Crippen LogP contribution in [0.1, 0.15) is 11.7 Å². The summed E-state index contributed by atoms with van der Waals surface area (Å²) in [6.07, 6.45) is 2.34. The maximum absolute atomic E-state index is 12.1. The molecule has 1 atom stereocenters. The summed E-state index contributed by atoms with van der Waals surface area (Å²) >= 11 is 6.10. The molecule has 112 valence electrons. The molecule has 1 heterocycles. The van der Waals surface area contributed by atoms with Crippen molar-refractivity contribution in [1.29, 1.82) is 0 Å². The Bertz CT molecular complexity index is 692. The van der Waals surface area contributed by atoms with Crippen molar-refractivity contribution in [3.8, 4) is 0 Å². The van der Waals surface area contributed by atoms with Gasteiger partial charge in [0.25, 0.3) is 0 Å². The van der Waals surface area contributed by atoms with Crippen LogP contribution in [0.3, 0.4) is 0 Å². The average molecular weight is 327 g/mol. The number of halogens is 1. The lowest BCUT2D eigenvalue weighted by molar-refractivity contribution is 0.107. The maximum Gasteiger partial charge on any atom is 0.242 e. The topological polar surface area (TPSA) is 68.3 Å². The van der Waals surface area contributed by atoms with Gasteiger partial charge in [-0.1, -0.05) is 29.8 Å². The highest BCUT2D eigenvalue weighted by atomic mass is 35.5. The van der Waals surface area contributed by atoms with Crippen LogP contribution in [-0.2, 0) is 14.8 Å². The van der Waals surface area contributed by atoms with Gasteiger partial charge in [-0.3, -0.25) is 4.98 Å². The summed E-state index contributed by atoms with van der Waals surface area (Å²) in [6, 6.07) is 10.2. The summed E-state index contributed by atoms with van der Waals surface area (Å²) in [4.78, 5) is 3.91. The molecule has 1 aromatic heterocycles. The van der Waals surface area contributed by atoms with Gasteiger partial charge in [0.05, 0.1) is 6.10 Å². The number of sulfonamides is 1. The van der Waals surface area contributed by atoms with Gasteiger partial charge in [0.2, 0.25) is 10.0 Å². The first-order valence-corrected chi connectivity index (χ1v) is 8.07. The summed E-state index contributed by atoms with van der Waals surface area (Å²) in [6.45, 7) is 0.0808. The van der Waals surface area contributed by atoms with E-state index in [1.807, 2.05) is 6.07 Å². The zero-order valence-electron chi connectivity index (χ0n) is 11.4. The molecular formula is C14H15ClN2O3S. The van der Waals surface area contributed by atoms with Crippen molar-refractivity contribution in [1.82, 2.24) is 9.71 Å². The van der Waals surface area contributed by atoms with Crippen LogP contribution < -0.4 is 4.72 Å². The molecule has 0 amide bonds. The van der Waals surface area contributed by atoms with Crippen LogP contribution in [0.5, 0.6) is 0 Å². The number of rotatable bonds is 6. The van der Waals surface area contributed by atoms with Gasteiger partial charge in [-0.05, 0) is 18.2 Å². The lowest BCUT2D eigenvalue weighted by Gasteiger charge is -2.17. The number of hydrogen-bond acceptors (Lipinski definition) is 4. The van der Waals surface area contributed by atoms with Gasteiger partial charge in [0, 0.05) is 36.6 Å². The first kappa shape index (κ1) is 15.9. The van der Waals surface area contributed by atoms with E-state index in [1.165, 1.54) is 25.6 Å². The molecule has 0 spiro atoms.